The summed E-state index contributed by atoms with van der Waals surface area (Å²) in [6.45, 7) is 6.34. The molecule has 0 bridgehead atoms. The Morgan fingerprint density at radius 2 is 2.07 bits per heavy atom. The number of fused-ring (bicyclic) bond motifs is 1. The van der Waals surface area contributed by atoms with E-state index in [9.17, 15) is 4.79 Å². The van der Waals surface area contributed by atoms with Crippen molar-refractivity contribution in [3.8, 4) is 0 Å². The van der Waals surface area contributed by atoms with Gasteiger partial charge in [0.15, 0.2) is 5.78 Å². The van der Waals surface area contributed by atoms with Gasteiger partial charge in [-0.05, 0) is 48.9 Å². The van der Waals surface area contributed by atoms with Crippen LogP contribution >= 0.6 is 15.9 Å². The highest BCUT2D eigenvalue weighted by Crippen LogP contribution is 2.37. The van der Waals surface area contributed by atoms with Gasteiger partial charge < -0.3 is 0 Å². The summed E-state index contributed by atoms with van der Waals surface area (Å²) in [7, 11) is 0. The normalized spacial score (nSPS) is 20.3. The quantitative estimate of drug-likeness (QED) is 0.690. The molecule has 1 aromatic rings. The van der Waals surface area contributed by atoms with E-state index in [1.807, 2.05) is 6.92 Å². The van der Waals surface area contributed by atoms with E-state index in [4.69, 9.17) is 0 Å². The van der Waals surface area contributed by atoms with Crippen LogP contribution in [0.2, 0.25) is 0 Å². The molecule has 0 heterocycles. The molecule has 0 aromatic heterocycles. The van der Waals surface area contributed by atoms with Crippen molar-refractivity contribution in [2.45, 2.75) is 39.5 Å². The number of halogens is 1. The lowest BCUT2D eigenvalue weighted by molar-refractivity contribution is 0.0967. The number of hydrogen-bond acceptors (Lipinski definition) is 1. The fourth-order valence-corrected chi connectivity index (χ4v) is 3.05. The fourth-order valence-electron chi connectivity index (χ4n) is 2.51. The van der Waals surface area contributed by atoms with Crippen LogP contribution in [0.25, 0.3) is 0 Å². The van der Waals surface area contributed by atoms with Gasteiger partial charge in [0.2, 0.25) is 0 Å². The Kier molecular flexibility index (Phi) is 2.72. The maximum atomic E-state index is 11.9. The summed E-state index contributed by atoms with van der Waals surface area (Å²) in [5.41, 5.74) is 4.59. The molecule has 15 heavy (non-hydrogen) atoms. The van der Waals surface area contributed by atoms with Crippen LogP contribution in [0.3, 0.4) is 0 Å². The zero-order valence-electron chi connectivity index (χ0n) is 9.36. The molecule has 1 aliphatic carbocycles. The molecule has 0 saturated heterocycles. The summed E-state index contributed by atoms with van der Waals surface area (Å²) in [6, 6.07) is 2.13. The van der Waals surface area contributed by atoms with Crippen LogP contribution in [-0.4, -0.2) is 5.78 Å². The first-order valence-electron chi connectivity index (χ1n) is 5.35. The molecule has 1 nitrogen and oxygen atoms in total. The van der Waals surface area contributed by atoms with Gasteiger partial charge in [0.25, 0.3) is 0 Å². The van der Waals surface area contributed by atoms with E-state index in [-0.39, 0.29) is 0 Å². The lowest BCUT2D eigenvalue weighted by Gasteiger charge is -2.25. The number of rotatable bonds is 0. The van der Waals surface area contributed by atoms with Crippen LogP contribution in [0.1, 0.15) is 52.7 Å². The second-order valence-corrected chi connectivity index (χ2v) is 5.31. The standard InChI is InChI=1S/C13H15BrO/c1-7-4-5-11(15)13-9(3)10(14)6-8(2)12(7)13/h6-7H,4-5H2,1-3H3. The van der Waals surface area contributed by atoms with E-state index in [1.165, 1.54) is 11.1 Å². The van der Waals surface area contributed by atoms with Gasteiger partial charge in [-0.1, -0.05) is 22.9 Å². The predicted octanol–water partition coefficient (Wildman–Crippen LogP) is 4.15. The van der Waals surface area contributed by atoms with Crippen molar-refractivity contribution >= 4 is 21.7 Å². The molecular formula is C13H15BrO. The number of aryl methyl sites for hydroxylation is 1. The number of hydrogen-bond donors (Lipinski definition) is 0. The molecule has 0 spiro atoms. The molecule has 0 saturated carbocycles. The molecule has 0 aliphatic heterocycles. The molecule has 1 unspecified atom stereocenters. The molecule has 1 atom stereocenters. The Bertz CT molecular complexity index is 435. The Balaban J connectivity index is 2.76. The fraction of sp³-hybridized carbons (Fsp3) is 0.462. The molecule has 0 radical (unpaired) electrons. The summed E-state index contributed by atoms with van der Waals surface area (Å²) >= 11 is 3.52. The lowest BCUT2D eigenvalue weighted by atomic mass is 9.79. The number of Topliss-reactive ketones (excluding diaryl/α,β-unsaturated/α-hetero) is 1. The first kappa shape index (κ1) is 10.9. The van der Waals surface area contributed by atoms with Crippen molar-refractivity contribution in [1.29, 1.82) is 0 Å². The van der Waals surface area contributed by atoms with Gasteiger partial charge in [-0.2, -0.15) is 0 Å². The van der Waals surface area contributed by atoms with Gasteiger partial charge in [-0.3, -0.25) is 4.79 Å². The maximum Gasteiger partial charge on any atom is 0.163 e. The third kappa shape index (κ3) is 1.65. The van der Waals surface area contributed by atoms with E-state index in [1.54, 1.807) is 0 Å². The Morgan fingerprint density at radius 1 is 1.40 bits per heavy atom. The summed E-state index contributed by atoms with van der Waals surface area (Å²) in [5, 5.41) is 0. The molecule has 0 N–H and O–H groups in total. The van der Waals surface area contributed by atoms with Crippen molar-refractivity contribution < 1.29 is 4.79 Å². The SMILES string of the molecule is Cc1cc(Br)c(C)c2c1C(C)CCC2=O. The highest BCUT2D eigenvalue weighted by Gasteiger charge is 2.26. The van der Waals surface area contributed by atoms with E-state index in [0.717, 1.165) is 22.0 Å². The summed E-state index contributed by atoms with van der Waals surface area (Å²) < 4.78 is 1.06. The number of carbonyl (C=O) groups is 1. The smallest absolute Gasteiger partial charge is 0.163 e. The summed E-state index contributed by atoms with van der Waals surface area (Å²) in [5.74, 6) is 0.828. The van der Waals surface area contributed by atoms with Crippen molar-refractivity contribution in [2.24, 2.45) is 0 Å². The number of benzene rings is 1. The van der Waals surface area contributed by atoms with Crippen LogP contribution in [0.5, 0.6) is 0 Å². The molecule has 1 aromatic carbocycles. The topological polar surface area (TPSA) is 17.1 Å². The number of carbonyl (C=O) groups excluding carboxylic acids is 1. The van der Waals surface area contributed by atoms with Crippen LogP contribution in [0.4, 0.5) is 0 Å². The second-order valence-electron chi connectivity index (χ2n) is 4.45. The molecule has 0 amide bonds. The monoisotopic (exact) mass is 266 g/mol. The predicted molar refractivity (Wildman–Crippen MR) is 65.6 cm³/mol. The third-order valence-electron chi connectivity index (χ3n) is 3.35. The molecule has 2 heteroatoms. The van der Waals surface area contributed by atoms with Gasteiger partial charge in [0.05, 0.1) is 0 Å². The van der Waals surface area contributed by atoms with Crippen molar-refractivity contribution in [3.05, 3.63) is 32.8 Å². The van der Waals surface area contributed by atoms with Gasteiger partial charge in [-0.15, -0.1) is 0 Å². The molecule has 0 fully saturated rings. The van der Waals surface area contributed by atoms with Gasteiger partial charge >= 0.3 is 0 Å². The van der Waals surface area contributed by atoms with Crippen molar-refractivity contribution in [1.82, 2.24) is 0 Å². The largest absolute Gasteiger partial charge is 0.294 e. The Hall–Kier alpha value is -0.630. The van der Waals surface area contributed by atoms with Crippen LogP contribution < -0.4 is 0 Å². The lowest BCUT2D eigenvalue weighted by Crippen LogP contribution is -2.17. The summed E-state index contributed by atoms with van der Waals surface area (Å²) in [4.78, 5) is 11.9. The minimum atomic E-state index is 0.310. The molecular weight excluding hydrogens is 252 g/mol. The van der Waals surface area contributed by atoms with Crippen LogP contribution in [0.15, 0.2) is 10.5 Å². The Labute approximate surface area is 99.0 Å². The van der Waals surface area contributed by atoms with E-state index in [2.05, 4.69) is 35.8 Å². The first-order chi connectivity index (χ1) is 7.02. The van der Waals surface area contributed by atoms with Crippen LogP contribution in [0, 0.1) is 13.8 Å². The van der Waals surface area contributed by atoms with E-state index in [0.29, 0.717) is 18.1 Å². The van der Waals surface area contributed by atoms with Gasteiger partial charge in [0.1, 0.15) is 0 Å². The van der Waals surface area contributed by atoms with E-state index < -0.39 is 0 Å². The Morgan fingerprint density at radius 3 is 2.73 bits per heavy atom. The maximum absolute atomic E-state index is 11.9. The molecule has 80 valence electrons. The van der Waals surface area contributed by atoms with Crippen LogP contribution in [-0.2, 0) is 0 Å². The van der Waals surface area contributed by atoms with Gasteiger partial charge in [0, 0.05) is 16.5 Å². The molecule has 2 rings (SSSR count). The first-order valence-corrected chi connectivity index (χ1v) is 6.14. The third-order valence-corrected chi connectivity index (χ3v) is 4.17. The average Bonchev–Trinajstić information content (AvgIpc) is 2.18. The highest BCUT2D eigenvalue weighted by atomic mass is 79.9. The zero-order valence-corrected chi connectivity index (χ0v) is 10.9. The molecule has 1 aliphatic rings. The second kappa shape index (κ2) is 3.75. The summed E-state index contributed by atoms with van der Waals surface area (Å²) in [6.07, 6.45) is 1.69. The highest BCUT2D eigenvalue weighted by molar-refractivity contribution is 9.10. The van der Waals surface area contributed by atoms with Crippen molar-refractivity contribution in [2.75, 3.05) is 0 Å². The van der Waals surface area contributed by atoms with Crippen molar-refractivity contribution in [3.63, 3.8) is 0 Å². The number of ketones is 1. The minimum Gasteiger partial charge on any atom is -0.294 e. The average molecular weight is 267 g/mol. The van der Waals surface area contributed by atoms with E-state index >= 15 is 0 Å². The zero-order chi connectivity index (χ0) is 11.2. The van der Waals surface area contributed by atoms with Gasteiger partial charge in [-0.25, -0.2) is 0 Å². The minimum absolute atomic E-state index is 0.310.